The van der Waals surface area contributed by atoms with Crippen LogP contribution in [0.3, 0.4) is 0 Å². The molecule has 0 aromatic heterocycles. The standard InChI is InChI=1S/C14H18BNO2/c1-3-4-9-18-12-7-5-11(6-8-12)10-13(16)14(17)15-2/h5-8,13,15H,9-10,16H2,1-2H3/t13-/m0/s1. The fourth-order valence-corrected chi connectivity index (χ4v) is 1.54. The van der Waals surface area contributed by atoms with Gasteiger partial charge in [0, 0.05) is 0 Å². The molecule has 0 aliphatic rings. The summed E-state index contributed by atoms with van der Waals surface area (Å²) in [5.41, 5.74) is 6.93. The van der Waals surface area contributed by atoms with Crippen LogP contribution in [-0.2, 0) is 11.2 Å². The molecule has 0 radical (unpaired) electrons. The molecule has 0 bridgehead atoms. The van der Waals surface area contributed by atoms with Crippen LogP contribution in [0.1, 0.15) is 12.5 Å². The third-order valence-electron chi connectivity index (χ3n) is 2.63. The van der Waals surface area contributed by atoms with Crippen LogP contribution in [0.15, 0.2) is 24.3 Å². The van der Waals surface area contributed by atoms with Gasteiger partial charge in [0.05, 0.1) is 6.04 Å². The van der Waals surface area contributed by atoms with Gasteiger partial charge >= 0.3 is 0 Å². The van der Waals surface area contributed by atoms with E-state index in [4.69, 9.17) is 10.5 Å². The Labute approximate surface area is 109 Å². The van der Waals surface area contributed by atoms with Crippen molar-refractivity contribution >= 4 is 13.0 Å². The second-order valence-electron chi connectivity index (χ2n) is 3.99. The van der Waals surface area contributed by atoms with E-state index in [0.717, 1.165) is 11.3 Å². The van der Waals surface area contributed by atoms with Crippen molar-refractivity contribution < 1.29 is 9.53 Å². The van der Waals surface area contributed by atoms with E-state index in [2.05, 4.69) is 11.8 Å². The molecule has 1 aromatic rings. The zero-order valence-corrected chi connectivity index (χ0v) is 10.9. The summed E-state index contributed by atoms with van der Waals surface area (Å²) in [4.78, 5) is 11.4. The second kappa shape index (κ2) is 7.57. The van der Waals surface area contributed by atoms with E-state index in [1.807, 2.05) is 31.1 Å². The van der Waals surface area contributed by atoms with Gasteiger partial charge in [-0.3, -0.25) is 0 Å². The molecular weight excluding hydrogens is 225 g/mol. The third kappa shape index (κ3) is 4.64. The molecular formula is C14H18BNO2. The normalized spacial score (nSPS) is 11.1. The van der Waals surface area contributed by atoms with Crippen LogP contribution in [0.2, 0.25) is 6.82 Å². The Balaban J connectivity index is 2.53. The van der Waals surface area contributed by atoms with Gasteiger partial charge in [-0.1, -0.05) is 24.9 Å². The largest absolute Gasteiger partial charge is 0.481 e. The van der Waals surface area contributed by atoms with Crippen molar-refractivity contribution in [3.63, 3.8) is 0 Å². The summed E-state index contributed by atoms with van der Waals surface area (Å²) in [5.74, 6) is 6.37. The van der Waals surface area contributed by atoms with E-state index in [0.29, 0.717) is 20.3 Å². The molecule has 4 heteroatoms. The number of nitrogens with two attached hydrogens (primary N) is 1. The molecule has 0 unspecified atom stereocenters. The van der Waals surface area contributed by atoms with E-state index in [-0.39, 0.29) is 5.68 Å². The van der Waals surface area contributed by atoms with Gasteiger partial charge in [-0.05, 0) is 31.0 Å². The zero-order valence-electron chi connectivity index (χ0n) is 10.9. The molecule has 1 rings (SSSR count). The van der Waals surface area contributed by atoms with E-state index in [1.54, 1.807) is 6.92 Å². The molecule has 1 atom stereocenters. The highest BCUT2D eigenvalue weighted by Crippen LogP contribution is 2.13. The number of ether oxygens (including phenoxy) is 1. The maximum absolute atomic E-state index is 11.4. The van der Waals surface area contributed by atoms with Gasteiger partial charge in [-0.2, -0.15) is 0 Å². The molecule has 0 saturated heterocycles. The van der Waals surface area contributed by atoms with Crippen LogP contribution >= 0.6 is 0 Å². The first-order valence-electron chi connectivity index (χ1n) is 6.07. The smallest absolute Gasteiger partial charge is 0.204 e. The molecule has 0 spiro atoms. The number of hydrogen-bond donors (Lipinski definition) is 1. The summed E-state index contributed by atoms with van der Waals surface area (Å²) in [6, 6.07) is 7.19. The second-order valence-corrected chi connectivity index (χ2v) is 3.99. The molecule has 1 aromatic carbocycles. The van der Waals surface area contributed by atoms with Gasteiger partial charge in [0.15, 0.2) is 0 Å². The van der Waals surface area contributed by atoms with Crippen molar-refractivity contribution in [2.45, 2.75) is 26.2 Å². The van der Waals surface area contributed by atoms with Gasteiger partial charge in [-0.15, -0.1) is 5.92 Å². The lowest BCUT2D eigenvalue weighted by Gasteiger charge is -2.10. The number of hydrogen-bond acceptors (Lipinski definition) is 3. The maximum Gasteiger partial charge on any atom is 0.204 e. The summed E-state index contributed by atoms with van der Waals surface area (Å²) in [5, 5.41) is 0. The van der Waals surface area contributed by atoms with Gasteiger partial charge in [-0.25, -0.2) is 0 Å². The van der Waals surface area contributed by atoms with Crippen molar-refractivity contribution in [2.75, 3.05) is 6.61 Å². The van der Waals surface area contributed by atoms with Gasteiger partial charge in [0.25, 0.3) is 0 Å². The first kappa shape index (κ1) is 14.3. The Bertz CT molecular complexity index is 445. The number of carbonyl (C=O) groups excluding carboxylic acids is 1. The molecule has 3 nitrogen and oxygen atoms in total. The number of carbonyl (C=O) groups is 1. The van der Waals surface area contributed by atoms with Gasteiger partial charge < -0.3 is 15.3 Å². The fraction of sp³-hybridized carbons (Fsp3) is 0.357. The number of rotatable bonds is 6. The van der Waals surface area contributed by atoms with Crippen molar-refractivity contribution in [3.8, 4) is 17.6 Å². The lowest BCUT2D eigenvalue weighted by atomic mass is 9.72. The quantitative estimate of drug-likeness (QED) is 0.598. The average molecular weight is 243 g/mol. The fourth-order valence-electron chi connectivity index (χ4n) is 1.54. The maximum atomic E-state index is 11.4. The monoisotopic (exact) mass is 243 g/mol. The minimum atomic E-state index is -0.410. The lowest BCUT2D eigenvalue weighted by molar-refractivity contribution is -0.113. The molecule has 0 fully saturated rings. The average Bonchev–Trinajstić information content (AvgIpc) is 2.40. The van der Waals surface area contributed by atoms with Crippen LogP contribution in [-0.4, -0.2) is 25.6 Å². The van der Waals surface area contributed by atoms with E-state index < -0.39 is 6.04 Å². The molecule has 0 heterocycles. The Hall–Kier alpha value is -1.73. The minimum Gasteiger partial charge on any atom is -0.481 e. The van der Waals surface area contributed by atoms with Crippen LogP contribution in [0.5, 0.6) is 5.75 Å². The predicted octanol–water partition coefficient (Wildman–Crippen LogP) is 0.970. The van der Waals surface area contributed by atoms with E-state index in [1.165, 1.54) is 0 Å². The highest BCUT2D eigenvalue weighted by Gasteiger charge is 2.12. The van der Waals surface area contributed by atoms with Crippen LogP contribution in [0, 0.1) is 11.8 Å². The van der Waals surface area contributed by atoms with Crippen LogP contribution in [0.25, 0.3) is 0 Å². The molecule has 2 N–H and O–H groups in total. The molecule has 94 valence electrons. The Kier molecular flexibility index (Phi) is 6.03. The van der Waals surface area contributed by atoms with Crippen LogP contribution < -0.4 is 10.5 Å². The molecule has 0 aliphatic carbocycles. The Morgan fingerprint density at radius 1 is 1.44 bits per heavy atom. The first-order valence-corrected chi connectivity index (χ1v) is 6.07. The zero-order chi connectivity index (χ0) is 13.4. The van der Waals surface area contributed by atoms with E-state index >= 15 is 0 Å². The molecule has 0 amide bonds. The molecule has 0 saturated carbocycles. The topological polar surface area (TPSA) is 52.3 Å². The summed E-state index contributed by atoms with van der Waals surface area (Å²) in [7, 11) is 0.484. The summed E-state index contributed by atoms with van der Waals surface area (Å²) >= 11 is 0. The Morgan fingerprint density at radius 3 is 2.67 bits per heavy atom. The first-order chi connectivity index (χ1) is 8.67. The molecule has 18 heavy (non-hydrogen) atoms. The minimum absolute atomic E-state index is 0.0912. The summed E-state index contributed by atoms with van der Waals surface area (Å²) in [6.07, 6.45) is 0.571. The lowest BCUT2D eigenvalue weighted by Crippen LogP contribution is -2.35. The Morgan fingerprint density at radius 2 is 2.11 bits per heavy atom. The van der Waals surface area contributed by atoms with Gasteiger partial charge in [0.2, 0.25) is 7.28 Å². The summed E-state index contributed by atoms with van der Waals surface area (Å²) < 4.78 is 5.40. The SMILES string of the molecule is CBC(=O)[C@@H](N)Cc1ccc(OCC#CC)cc1. The van der Waals surface area contributed by atoms with Crippen LogP contribution in [0.4, 0.5) is 0 Å². The predicted molar refractivity (Wildman–Crippen MR) is 75.1 cm³/mol. The highest BCUT2D eigenvalue weighted by atomic mass is 16.5. The van der Waals surface area contributed by atoms with E-state index in [9.17, 15) is 4.79 Å². The van der Waals surface area contributed by atoms with Crippen molar-refractivity contribution in [1.82, 2.24) is 0 Å². The van der Waals surface area contributed by atoms with Crippen molar-refractivity contribution in [2.24, 2.45) is 5.73 Å². The highest BCUT2D eigenvalue weighted by molar-refractivity contribution is 6.73. The number of benzene rings is 1. The van der Waals surface area contributed by atoms with Gasteiger partial charge in [0.1, 0.15) is 18.0 Å². The third-order valence-corrected chi connectivity index (χ3v) is 2.63. The summed E-state index contributed by atoms with van der Waals surface area (Å²) in [6.45, 7) is 4.00. The van der Waals surface area contributed by atoms with Crippen molar-refractivity contribution in [1.29, 1.82) is 0 Å². The molecule has 0 aliphatic heterocycles. The van der Waals surface area contributed by atoms with Crippen molar-refractivity contribution in [3.05, 3.63) is 29.8 Å².